The highest BCUT2D eigenvalue weighted by atomic mass is 19.1. The summed E-state index contributed by atoms with van der Waals surface area (Å²) in [4.78, 5) is 28.8. The van der Waals surface area contributed by atoms with Crippen molar-refractivity contribution in [3.63, 3.8) is 0 Å². The summed E-state index contributed by atoms with van der Waals surface area (Å²) in [7, 11) is 3.27. The number of rotatable bonds is 7. The quantitative estimate of drug-likeness (QED) is 0.613. The molecule has 2 aliphatic heterocycles. The normalized spacial score (nSPS) is 20.1. The molecule has 2 amide bonds. The van der Waals surface area contributed by atoms with E-state index >= 15 is 0 Å². The lowest BCUT2D eigenvalue weighted by molar-refractivity contribution is -0.123. The Hall–Kier alpha value is -2.93. The van der Waals surface area contributed by atoms with Crippen LogP contribution < -0.4 is 14.4 Å². The zero-order chi connectivity index (χ0) is 22.7. The number of carbonyl (C=O) groups excluding carboxylic acids is 2. The van der Waals surface area contributed by atoms with E-state index in [1.807, 2.05) is 12.1 Å². The summed E-state index contributed by atoms with van der Waals surface area (Å²) < 4.78 is 23.9. The van der Waals surface area contributed by atoms with Crippen molar-refractivity contribution in [2.24, 2.45) is 5.92 Å². The second-order valence-corrected chi connectivity index (χ2v) is 8.47. The molecule has 2 saturated heterocycles. The average Bonchev–Trinajstić information content (AvgIpc) is 3.12. The number of halogens is 1. The molecule has 32 heavy (non-hydrogen) atoms. The van der Waals surface area contributed by atoms with Gasteiger partial charge in [-0.25, -0.2) is 9.29 Å². The van der Waals surface area contributed by atoms with Crippen molar-refractivity contribution in [2.75, 3.05) is 32.2 Å². The van der Waals surface area contributed by atoms with E-state index in [0.717, 1.165) is 50.3 Å². The number of piperidine rings is 1. The van der Waals surface area contributed by atoms with Crippen LogP contribution in [0.4, 0.5) is 10.1 Å². The number of methoxy groups -OCH3 is 2. The van der Waals surface area contributed by atoms with E-state index in [0.29, 0.717) is 11.6 Å². The van der Waals surface area contributed by atoms with Crippen LogP contribution in [0.5, 0.6) is 11.5 Å². The van der Waals surface area contributed by atoms with Crippen LogP contribution in [0, 0.1) is 11.7 Å². The van der Waals surface area contributed by atoms with E-state index in [1.165, 1.54) is 34.7 Å². The van der Waals surface area contributed by atoms with Gasteiger partial charge in [0.1, 0.15) is 5.82 Å². The molecule has 2 aromatic carbocycles. The summed E-state index contributed by atoms with van der Waals surface area (Å²) in [5, 5.41) is 0. The first-order valence-corrected chi connectivity index (χ1v) is 11.1. The maximum Gasteiger partial charge on any atom is 0.251 e. The van der Waals surface area contributed by atoms with Gasteiger partial charge in [-0.2, -0.15) is 0 Å². The number of likely N-dealkylation sites (tertiary alicyclic amines) is 1. The first kappa shape index (κ1) is 22.3. The second kappa shape index (κ2) is 9.69. The van der Waals surface area contributed by atoms with E-state index in [2.05, 4.69) is 11.0 Å². The molecule has 2 fully saturated rings. The molecular weight excluding hydrogens is 411 g/mol. The van der Waals surface area contributed by atoms with Gasteiger partial charge in [0.2, 0.25) is 5.91 Å². The number of nitrogens with zero attached hydrogens (tertiary/aromatic N) is 2. The largest absolute Gasteiger partial charge is 0.493 e. The fourth-order valence-electron chi connectivity index (χ4n) is 4.72. The van der Waals surface area contributed by atoms with Crippen LogP contribution in [0.15, 0.2) is 42.5 Å². The number of imide groups is 1. The van der Waals surface area contributed by atoms with Crippen LogP contribution in [0.1, 0.15) is 31.2 Å². The molecule has 0 spiro atoms. The second-order valence-electron chi connectivity index (χ2n) is 8.47. The number of hydrogen-bond acceptors (Lipinski definition) is 5. The summed E-state index contributed by atoms with van der Waals surface area (Å²) in [5.41, 5.74) is 1.66. The average molecular weight is 441 g/mol. The Kier molecular flexibility index (Phi) is 6.74. The van der Waals surface area contributed by atoms with E-state index in [-0.39, 0.29) is 24.1 Å². The van der Waals surface area contributed by atoms with Gasteiger partial charge in [-0.1, -0.05) is 6.07 Å². The Morgan fingerprint density at radius 3 is 2.31 bits per heavy atom. The highest BCUT2D eigenvalue weighted by Crippen LogP contribution is 2.32. The van der Waals surface area contributed by atoms with Crippen LogP contribution in [-0.4, -0.2) is 50.1 Å². The molecule has 0 N–H and O–H groups in total. The van der Waals surface area contributed by atoms with Crippen molar-refractivity contribution in [3.8, 4) is 11.5 Å². The summed E-state index contributed by atoms with van der Waals surface area (Å²) in [6.07, 6.45) is 4.23. The molecule has 7 heteroatoms. The summed E-state index contributed by atoms with van der Waals surface area (Å²) in [5.74, 6) is 1.25. The number of benzene rings is 2. The predicted octanol–water partition coefficient (Wildman–Crippen LogP) is 3.82. The van der Waals surface area contributed by atoms with Crippen LogP contribution in [-0.2, 0) is 16.0 Å². The SMILES string of the molecule is COc1ccc(CCC2CCN([C@@H]3CC(=O)N(c4ccc(F)cc4)C3=O)CC2)cc1OC. The Morgan fingerprint density at radius 2 is 1.66 bits per heavy atom. The molecule has 0 unspecified atom stereocenters. The summed E-state index contributed by atoms with van der Waals surface area (Å²) in [6, 6.07) is 11.1. The number of aryl methyl sites for hydroxylation is 1. The minimum Gasteiger partial charge on any atom is -0.493 e. The zero-order valence-electron chi connectivity index (χ0n) is 18.6. The van der Waals surface area contributed by atoms with E-state index in [9.17, 15) is 14.0 Å². The fourth-order valence-corrected chi connectivity index (χ4v) is 4.72. The van der Waals surface area contributed by atoms with E-state index in [4.69, 9.17) is 9.47 Å². The molecule has 6 nitrogen and oxygen atoms in total. The molecule has 0 radical (unpaired) electrons. The summed E-state index contributed by atoms with van der Waals surface area (Å²) >= 11 is 0. The van der Waals surface area contributed by atoms with Gasteiger partial charge in [-0.3, -0.25) is 14.5 Å². The zero-order valence-corrected chi connectivity index (χ0v) is 18.6. The molecule has 4 rings (SSSR count). The molecule has 2 heterocycles. The van der Waals surface area contributed by atoms with Crippen LogP contribution in [0.3, 0.4) is 0 Å². The van der Waals surface area contributed by atoms with Crippen molar-refractivity contribution >= 4 is 17.5 Å². The molecule has 2 aromatic rings. The Balaban J connectivity index is 1.30. The fraction of sp³-hybridized carbons (Fsp3) is 0.440. The maximum atomic E-state index is 13.2. The van der Waals surface area contributed by atoms with Gasteiger partial charge in [0.05, 0.1) is 32.4 Å². The molecular formula is C25H29FN2O4. The molecule has 0 bridgehead atoms. The van der Waals surface area contributed by atoms with Crippen LogP contribution >= 0.6 is 0 Å². The predicted molar refractivity (Wildman–Crippen MR) is 119 cm³/mol. The number of anilines is 1. The van der Waals surface area contributed by atoms with Gasteiger partial charge < -0.3 is 9.47 Å². The van der Waals surface area contributed by atoms with Gasteiger partial charge in [0, 0.05) is 0 Å². The maximum absolute atomic E-state index is 13.2. The van der Waals surface area contributed by atoms with Crippen molar-refractivity contribution in [1.29, 1.82) is 0 Å². The summed E-state index contributed by atoms with van der Waals surface area (Å²) in [6.45, 7) is 1.61. The lowest BCUT2D eigenvalue weighted by Gasteiger charge is -2.34. The number of carbonyl (C=O) groups is 2. The minimum absolute atomic E-state index is 0.187. The highest BCUT2D eigenvalue weighted by molar-refractivity contribution is 6.22. The lowest BCUT2D eigenvalue weighted by atomic mass is 9.89. The van der Waals surface area contributed by atoms with Crippen molar-refractivity contribution in [3.05, 3.63) is 53.8 Å². The first-order valence-electron chi connectivity index (χ1n) is 11.1. The molecule has 0 aromatic heterocycles. The van der Waals surface area contributed by atoms with Gasteiger partial charge >= 0.3 is 0 Å². The van der Waals surface area contributed by atoms with Gasteiger partial charge in [0.15, 0.2) is 11.5 Å². The van der Waals surface area contributed by atoms with Gasteiger partial charge in [-0.15, -0.1) is 0 Å². The highest BCUT2D eigenvalue weighted by Gasteiger charge is 2.43. The minimum atomic E-state index is -0.417. The van der Waals surface area contributed by atoms with Crippen molar-refractivity contribution < 1.29 is 23.5 Å². The molecule has 1 atom stereocenters. The molecule has 2 aliphatic rings. The van der Waals surface area contributed by atoms with E-state index in [1.54, 1.807) is 14.2 Å². The van der Waals surface area contributed by atoms with Crippen LogP contribution in [0.2, 0.25) is 0 Å². The first-order chi connectivity index (χ1) is 15.5. The lowest BCUT2D eigenvalue weighted by Crippen LogP contribution is -2.46. The third kappa shape index (κ3) is 4.63. The Morgan fingerprint density at radius 1 is 0.969 bits per heavy atom. The van der Waals surface area contributed by atoms with E-state index < -0.39 is 6.04 Å². The van der Waals surface area contributed by atoms with Crippen molar-refractivity contribution in [2.45, 2.75) is 38.1 Å². The van der Waals surface area contributed by atoms with Crippen LogP contribution in [0.25, 0.3) is 0 Å². The Bertz CT molecular complexity index is 970. The molecule has 170 valence electrons. The standard InChI is InChI=1S/C25H29FN2O4/c1-31-22-10-5-18(15-23(22)32-2)4-3-17-11-13-27(14-12-17)21-16-24(29)28(25(21)30)20-8-6-19(26)7-9-20/h5-10,15,17,21H,3-4,11-14,16H2,1-2H3/t21-/m1/s1. The molecule has 0 saturated carbocycles. The van der Waals surface area contributed by atoms with Gasteiger partial charge in [0.25, 0.3) is 5.91 Å². The van der Waals surface area contributed by atoms with Crippen molar-refractivity contribution in [1.82, 2.24) is 4.90 Å². The van der Waals surface area contributed by atoms with Gasteiger partial charge in [-0.05, 0) is 86.7 Å². The smallest absolute Gasteiger partial charge is 0.251 e. The number of hydrogen-bond donors (Lipinski definition) is 0. The molecule has 0 aliphatic carbocycles. The third-order valence-electron chi connectivity index (χ3n) is 6.59. The third-order valence-corrected chi connectivity index (χ3v) is 6.59. The number of ether oxygens (including phenoxy) is 2. The Labute approximate surface area is 187 Å². The number of amides is 2. The monoisotopic (exact) mass is 440 g/mol. The topological polar surface area (TPSA) is 59.1 Å².